The van der Waals surface area contributed by atoms with Crippen molar-refractivity contribution in [2.24, 2.45) is 11.5 Å². The van der Waals surface area contributed by atoms with E-state index in [1.54, 1.807) is 24.3 Å². The number of nitrogens with one attached hydrogen (secondary N) is 1. The molecule has 21 heavy (non-hydrogen) atoms. The number of nitrogens with zero attached hydrogens (tertiary/aromatic N) is 1. The van der Waals surface area contributed by atoms with E-state index < -0.39 is 30.8 Å². The van der Waals surface area contributed by atoms with Crippen molar-refractivity contribution in [1.82, 2.24) is 9.88 Å². The molecule has 0 aliphatic heterocycles. The quantitative estimate of drug-likeness (QED) is 0.531. The van der Waals surface area contributed by atoms with Gasteiger partial charge in [-0.15, -0.1) is 0 Å². The number of nitrogen functional groups attached to an aromatic ring is 1. The molecule has 0 radical (unpaired) electrons. The summed E-state index contributed by atoms with van der Waals surface area (Å²) in [6.07, 6.45) is 0. The van der Waals surface area contributed by atoms with Gasteiger partial charge in [0.1, 0.15) is 18.8 Å². The molecule has 1 aromatic carbocycles. The second-order valence-corrected chi connectivity index (χ2v) is 4.59. The second-order valence-electron chi connectivity index (χ2n) is 4.59. The number of rotatable bonds is 5. The molecule has 7 N–H and O–H groups in total. The first-order chi connectivity index (χ1) is 9.88. The van der Waals surface area contributed by atoms with E-state index in [9.17, 15) is 14.4 Å². The summed E-state index contributed by atoms with van der Waals surface area (Å²) in [6, 6.07) is 6.82. The van der Waals surface area contributed by atoms with Crippen molar-refractivity contribution in [3.63, 3.8) is 0 Å². The van der Waals surface area contributed by atoms with E-state index in [1.165, 1.54) is 0 Å². The summed E-state index contributed by atoms with van der Waals surface area (Å²) in [4.78, 5) is 38.2. The van der Waals surface area contributed by atoms with Gasteiger partial charge in [0.25, 0.3) is 5.91 Å². The van der Waals surface area contributed by atoms with Crippen LogP contribution in [0.1, 0.15) is 10.5 Å². The number of aromatic amines is 1. The number of amides is 3. The van der Waals surface area contributed by atoms with Crippen LogP contribution in [0.3, 0.4) is 0 Å². The molecular formula is C13H15N5O3. The number of H-pyrrole nitrogens is 1. The number of anilines is 1. The predicted molar refractivity (Wildman–Crippen MR) is 77.0 cm³/mol. The molecule has 8 nitrogen and oxygen atoms in total. The summed E-state index contributed by atoms with van der Waals surface area (Å²) < 4.78 is 0. The van der Waals surface area contributed by atoms with Gasteiger partial charge >= 0.3 is 0 Å². The average molecular weight is 289 g/mol. The molecule has 0 saturated heterocycles. The first-order valence-electron chi connectivity index (χ1n) is 6.11. The molecule has 1 heterocycles. The molecule has 8 heteroatoms. The number of hydrogen-bond acceptors (Lipinski definition) is 4. The molecule has 0 spiro atoms. The number of para-hydroxylation sites is 1. The summed E-state index contributed by atoms with van der Waals surface area (Å²) >= 11 is 0. The van der Waals surface area contributed by atoms with Crippen molar-refractivity contribution in [2.75, 3.05) is 18.8 Å². The highest BCUT2D eigenvalue weighted by Gasteiger charge is 2.21. The summed E-state index contributed by atoms with van der Waals surface area (Å²) in [5.41, 5.74) is 17.2. The smallest absolute Gasteiger partial charge is 0.271 e. The molecule has 110 valence electrons. The third-order valence-corrected chi connectivity index (χ3v) is 2.90. The molecule has 0 unspecified atom stereocenters. The lowest BCUT2D eigenvalue weighted by Crippen LogP contribution is -2.43. The lowest BCUT2D eigenvalue weighted by atomic mass is 10.2. The maximum absolute atomic E-state index is 12.3. The minimum atomic E-state index is -0.736. The molecule has 0 saturated carbocycles. The van der Waals surface area contributed by atoms with Crippen LogP contribution in [0.5, 0.6) is 0 Å². The average Bonchev–Trinajstić information content (AvgIpc) is 2.81. The summed E-state index contributed by atoms with van der Waals surface area (Å²) in [5.74, 6) is -2.02. The maximum atomic E-state index is 12.3. The van der Waals surface area contributed by atoms with Crippen LogP contribution in [0.25, 0.3) is 10.9 Å². The monoisotopic (exact) mass is 289 g/mol. The fourth-order valence-corrected chi connectivity index (χ4v) is 2.04. The fourth-order valence-electron chi connectivity index (χ4n) is 2.04. The van der Waals surface area contributed by atoms with E-state index in [2.05, 4.69) is 4.98 Å². The molecule has 3 amide bonds. The van der Waals surface area contributed by atoms with Crippen LogP contribution in [0.2, 0.25) is 0 Å². The zero-order valence-electron chi connectivity index (χ0n) is 11.1. The molecule has 1 aromatic heterocycles. The predicted octanol–water partition coefficient (Wildman–Crippen LogP) is -0.837. The highest BCUT2D eigenvalue weighted by Crippen LogP contribution is 2.21. The lowest BCUT2D eigenvalue weighted by molar-refractivity contribution is -0.121. The first kappa shape index (κ1) is 14.4. The molecule has 0 bridgehead atoms. The summed E-state index contributed by atoms with van der Waals surface area (Å²) in [5, 5.41) is 0.747. The Bertz CT molecular complexity index is 706. The molecule has 0 aliphatic carbocycles. The highest BCUT2D eigenvalue weighted by molar-refractivity contribution is 6.02. The van der Waals surface area contributed by atoms with Crippen LogP contribution in [0, 0.1) is 0 Å². The van der Waals surface area contributed by atoms with Gasteiger partial charge in [0.2, 0.25) is 11.8 Å². The van der Waals surface area contributed by atoms with E-state index in [-0.39, 0.29) is 5.69 Å². The summed E-state index contributed by atoms with van der Waals surface area (Å²) in [6.45, 7) is -0.792. The topological polar surface area (TPSA) is 148 Å². The van der Waals surface area contributed by atoms with Crippen molar-refractivity contribution in [1.29, 1.82) is 0 Å². The normalized spacial score (nSPS) is 10.5. The Morgan fingerprint density at radius 2 is 1.71 bits per heavy atom. The van der Waals surface area contributed by atoms with Crippen LogP contribution < -0.4 is 17.2 Å². The molecule has 2 aromatic rings. The molecule has 0 atom stereocenters. The fraction of sp³-hybridized carbons (Fsp3) is 0.154. The van der Waals surface area contributed by atoms with Crippen molar-refractivity contribution in [2.45, 2.75) is 0 Å². The largest absolute Gasteiger partial charge is 0.397 e. The minimum absolute atomic E-state index is 0.199. The van der Waals surface area contributed by atoms with Crippen molar-refractivity contribution in [3.05, 3.63) is 30.0 Å². The third-order valence-electron chi connectivity index (χ3n) is 2.90. The van der Waals surface area contributed by atoms with Gasteiger partial charge in [-0.05, 0) is 12.1 Å². The first-order valence-corrected chi connectivity index (χ1v) is 6.11. The Balaban J connectivity index is 2.35. The highest BCUT2D eigenvalue weighted by atomic mass is 16.2. The number of benzene rings is 1. The maximum Gasteiger partial charge on any atom is 0.271 e. The Hall–Kier alpha value is -3.03. The van der Waals surface area contributed by atoms with Crippen LogP contribution in [-0.4, -0.2) is 40.7 Å². The number of primary amides is 2. The van der Waals surface area contributed by atoms with Gasteiger partial charge in [-0.2, -0.15) is 0 Å². The number of fused-ring (bicyclic) bond motifs is 1. The number of hydrogen-bond donors (Lipinski definition) is 4. The van der Waals surface area contributed by atoms with Crippen molar-refractivity contribution < 1.29 is 14.4 Å². The van der Waals surface area contributed by atoms with Gasteiger partial charge in [0.05, 0.1) is 11.2 Å². The van der Waals surface area contributed by atoms with E-state index in [4.69, 9.17) is 17.2 Å². The van der Waals surface area contributed by atoms with Crippen LogP contribution in [0.4, 0.5) is 5.69 Å². The Morgan fingerprint density at radius 3 is 2.24 bits per heavy atom. The Morgan fingerprint density at radius 1 is 1.10 bits per heavy atom. The summed E-state index contributed by atoms with van der Waals surface area (Å²) in [7, 11) is 0. The van der Waals surface area contributed by atoms with Gasteiger partial charge in [-0.25, -0.2) is 0 Å². The number of carbonyl (C=O) groups is 3. The zero-order chi connectivity index (χ0) is 15.6. The minimum Gasteiger partial charge on any atom is -0.397 e. The van der Waals surface area contributed by atoms with E-state index in [0.717, 1.165) is 10.3 Å². The second kappa shape index (κ2) is 5.53. The molecule has 0 fully saturated rings. The van der Waals surface area contributed by atoms with E-state index in [1.807, 2.05) is 0 Å². The molecular weight excluding hydrogens is 274 g/mol. The van der Waals surface area contributed by atoms with E-state index >= 15 is 0 Å². The van der Waals surface area contributed by atoms with Crippen molar-refractivity contribution >= 4 is 34.3 Å². The number of aromatic nitrogens is 1. The van der Waals surface area contributed by atoms with Gasteiger partial charge in [-0.1, -0.05) is 12.1 Å². The SMILES string of the molecule is NC(=O)CN(CC(N)=O)C(=O)c1cc2cccc(N)c2[nH]1. The Kier molecular flexibility index (Phi) is 3.79. The number of carbonyl (C=O) groups excluding carboxylic acids is 3. The van der Waals surface area contributed by atoms with Gasteiger partial charge in [-0.3, -0.25) is 14.4 Å². The van der Waals surface area contributed by atoms with Crippen LogP contribution >= 0.6 is 0 Å². The zero-order valence-corrected chi connectivity index (χ0v) is 11.1. The Labute approximate surface area is 119 Å². The standard InChI is InChI=1S/C13H15N5O3/c14-8-3-1-2-7-4-9(17-12(7)8)13(21)18(5-10(15)19)6-11(16)20/h1-4,17H,5-6,14H2,(H2,15,19)(H2,16,20). The molecule has 2 rings (SSSR count). The lowest BCUT2D eigenvalue weighted by Gasteiger charge is -2.18. The number of nitrogens with two attached hydrogens (primary N) is 3. The van der Waals surface area contributed by atoms with E-state index in [0.29, 0.717) is 11.2 Å². The van der Waals surface area contributed by atoms with Crippen molar-refractivity contribution in [3.8, 4) is 0 Å². The van der Waals surface area contributed by atoms with Crippen LogP contribution in [0.15, 0.2) is 24.3 Å². The van der Waals surface area contributed by atoms with Gasteiger partial charge in [0, 0.05) is 5.39 Å². The van der Waals surface area contributed by atoms with Gasteiger partial charge in [0.15, 0.2) is 0 Å². The van der Waals surface area contributed by atoms with Crippen LogP contribution in [-0.2, 0) is 9.59 Å². The van der Waals surface area contributed by atoms with Gasteiger partial charge < -0.3 is 27.1 Å². The molecule has 0 aliphatic rings. The third kappa shape index (κ3) is 3.11.